The van der Waals surface area contributed by atoms with Gasteiger partial charge in [0.05, 0.1) is 25.7 Å². The lowest BCUT2D eigenvalue weighted by atomic mass is 9.81. The van der Waals surface area contributed by atoms with Crippen LogP contribution in [0.2, 0.25) is 0 Å². The molecule has 1 aliphatic rings. The van der Waals surface area contributed by atoms with Crippen LogP contribution in [0.25, 0.3) is 0 Å². The molecule has 1 saturated carbocycles. The van der Waals surface area contributed by atoms with E-state index in [-0.39, 0.29) is 24.9 Å². The van der Waals surface area contributed by atoms with Crippen LogP contribution in [-0.2, 0) is 4.74 Å². The number of aliphatic hydroxyl groups excluding tert-OH is 1. The van der Waals surface area contributed by atoms with Gasteiger partial charge in [0.15, 0.2) is 0 Å². The van der Waals surface area contributed by atoms with Crippen LogP contribution in [0.15, 0.2) is 0 Å². The summed E-state index contributed by atoms with van der Waals surface area (Å²) >= 11 is 0. The molecule has 0 saturated heterocycles. The van der Waals surface area contributed by atoms with E-state index in [9.17, 15) is 18.3 Å². The Hall–Kier alpha value is -0.330. The van der Waals surface area contributed by atoms with E-state index in [0.717, 1.165) is 19.3 Å². The van der Waals surface area contributed by atoms with Crippen LogP contribution in [0.1, 0.15) is 32.1 Å². The third kappa shape index (κ3) is 4.81. The molecule has 2 N–H and O–H groups in total. The monoisotopic (exact) mass is 255 g/mol. The average Bonchev–Trinajstić information content (AvgIpc) is 2.27. The van der Waals surface area contributed by atoms with Crippen LogP contribution >= 0.6 is 0 Å². The Morgan fingerprint density at radius 1 is 1.47 bits per heavy atom. The van der Waals surface area contributed by atoms with Gasteiger partial charge in [0.25, 0.3) is 0 Å². The van der Waals surface area contributed by atoms with E-state index >= 15 is 0 Å². The summed E-state index contributed by atoms with van der Waals surface area (Å²) < 4.78 is 41.1. The Morgan fingerprint density at radius 2 is 2.18 bits per heavy atom. The second-order valence-electron chi connectivity index (χ2n) is 4.64. The molecule has 1 aliphatic carbocycles. The highest BCUT2D eigenvalue weighted by Gasteiger charge is 2.35. The van der Waals surface area contributed by atoms with Gasteiger partial charge >= 0.3 is 6.18 Å². The fourth-order valence-electron chi connectivity index (χ4n) is 2.24. The second kappa shape index (κ2) is 6.02. The summed E-state index contributed by atoms with van der Waals surface area (Å²) in [6.07, 6.45) is -2.23. The normalized spacial score (nSPS) is 30.5. The molecule has 0 aromatic rings. The predicted octanol–water partition coefficient (Wildman–Crippen LogP) is 1.85. The molecule has 0 aromatic heterocycles. The summed E-state index contributed by atoms with van der Waals surface area (Å²) in [6, 6.07) is 0. The van der Waals surface area contributed by atoms with E-state index < -0.39 is 12.6 Å². The quantitative estimate of drug-likeness (QED) is 0.787. The van der Waals surface area contributed by atoms with Gasteiger partial charge in [-0.15, -0.1) is 0 Å². The summed E-state index contributed by atoms with van der Waals surface area (Å²) in [4.78, 5) is 0. The molecule has 0 spiro atoms. The highest BCUT2D eigenvalue weighted by Crippen LogP contribution is 2.30. The minimum atomic E-state index is -4.16. The summed E-state index contributed by atoms with van der Waals surface area (Å²) in [5.74, 6) is 0. The van der Waals surface area contributed by atoms with Crippen LogP contribution in [0.4, 0.5) is 13.2 Å². The minimum absolute atomic E-state index is 0.0113. The summed E-state index contributed by atoms with van der Waals surface area (Å²) in [6.45, 7) is -0.304. The standard InChI is InChI=1S/C11H20F3NO2/c1-15-10(8-16)4-2-3-9(7-10)17-6-5-11(12,13)14/h9,15-16H,2-8H2,1H3. The molecule has 0 radical (unpaired) electrons. The van der Waals surface area contributed by atoms with Crippen LogP contribution < -0.4 is 5.32 Å². The number of aliphatic hydroxyl groups is 1. The van der Waals surface area contributed by atoms with Crippen molar-refractivity contribution in [3.8, 4) is 0 Å². The first-order valence-corrected chi connectivity index (χ1v) is 5.89. The van der Waals surface area contributed by atoms with Crippen molar-refractivity contribution in [2.75, 3.05) is 20.3 Å². The third-order valence-corrected chi connectivity index (χ3v) is 3.37. The lowest BCUT2D eigenvalue weighted by molar-refractivity contribution is -0.151. The molecule has 0 heterocycles. The largest absolute Gasteiger partial charge is 0.394 e. The zero-order valence-electron chi connectivity index (χ0n) is 10.0. The molecule has 2 unspecified atom stereocenters. The molecule has 0 bridgehead atoms. The molecular weight excluding hydrogens is 235 g/mol. The van der Waals surface area contributed by atoms with Crippen LogP contribution in [0, 0.1) is 0 Å². The van der Waals surface area contributed by atoms with Crippen molar-refractivity contribution in [3.63, 3.8) is 0 Å². The van der Waals surface area contributed by atoms with Gasteiger partial charge in [0, 0.05) is 5.54 Å². The van der Waals surface area contributed by atoms with Crippen molar-refractivity contribution in [3.05, 3.63) is 0 Å². The number of hydrogen-bond acceptors (Lipinski definition) is 3. The van der Waals surface area contributed by atoms with Gasteiger partial charge in [-0.3, -0.25) is 0 Å². The Labute approximate surface area is 99.3 Å². The lowest BCUT2D eigenvalue weighted by Crippen LogP contribution is -2.51. The van der Waals surface area contributed by atoms with Crippen molar-refractivity contribution >= 4 is 0 Å². The average molecular weight is 255 g/mol. The zero-order chi connectivity index (χ0) is 12.9. The summed E-state index contributed by atoms with van der Waals surface area (Å²) in [7, 11) is 1.76. The fourth-order valence-corrected chi connectivity index (χ4v) is 2.24. The molecular formula is C11H20F3NO2. The van der Waals surface area contributed by atoms with E-state index in [0.29, 0.717) is 6.42 Å². The first-order chi connectivity index (χ1) is 7.91. The van der Waals surface area contributed by atoms with E-state index in [4.69, 9.17) is 4.74 Å². The summed E-state index contributed by atoms with van der Waals surface area (Å²) in [5, 5.41) is 12.4. The number of hydrogen-bond donors (Lipinski definition) is 2. The molecule has 3 nitrogen and oxygen atoms in total. The Balaban J connectivity index is 2.35. The Bertz CT molecular complexity index is 229. The van der Waals surface area contributed by atoms with E-state index in [2.05, 4.69) is 5.32 Å². The van der Waals surface area contributed by atoms with Crippen LogP contribution in [0.5, 0.6) is 0 Å². The van der Waals surface area contributed by atoms with Gasteiger partial charge < -0.3 is 15.2 Å². The number of nitrogens with one attached hydrogen (secondary N) is 1. The smallest absolute Gasteiger partial charge is 0.391 e. The molecule has 1 rings (SSSR count). The SMILES string of the molecule is CNC1(CO)CCCC(OCCC(F)(F)F)C1. The van der Waals surface area contributed by atoms with Crippen LogP contribution in [-0.4, -0.2) is 43.2 Å². The highest BCUT2D eigenvalue weighted by atomic mass is 19.4. The Morgan fingerprint density at radius 3 is 2.71 bits per heavy atom. The molecule has 0 amide bonds. The first-order valence-electron chi connectivity index (χ1n) is 5.89. The molecule has 102 valence electrons. The van der Waals surface area contributed by atoms with Crippen molar-refractivity contribution < 1.29 is 23.0 Å². The number of alkyl halides is 3. The number of halogens is 3. The fraction of sp³-hybridized carbons (Fsp3) is 1.00. The number of rotatable bonds is 5. The second-order valence-corrected chi connectivity index (χ2v) is 4.64. The van der Waals surface area contributed by atoms with E-state index in [1.165, 1.54) is 0 Å². The predicted molar refractivity (Wildman–Crippen MR) is 57.8 cm³/mol. The van der Waals surface area contributed by atoms with Crippen molar-refractivity contribution in [2.24, 2.45) is 0 Å². The van der Waals surface area contributed by atoms with Crippen LogP contribution in [0.3, 0.4) is 0 Å². The van der Waals surface area contributed by atoms with Gasteiger partial charge in [-0.05, 0) is 32.7 Å². The Kier molecular flexibility index (Phi) is 5.22. The number of likely N-dealkylation sites (N-methyl/N-ethyl adjacent to an activating group) is 1. The highest BCUT2D eigenvalue weighted by molar-refractivity contribution is 4.92. The lowest BCUT2D eigenvalue weighted by Gasteiger charge is -2.39. The van der Waals surface area contributed by atoms with Gasteiger partial charge in [0.2, 0.25) is 0 Å². The topological polar surface area (TPSA) is 41.5 Å². The molecule has 17 heavy (non-hydrogen) atoms. The molecule has 0 aliphatic heterocycles. The molecule has 2 atom stereocenters. The van der Waals surface area contributed by atoms with E-state index in [1.54, 1.807) is 7.05 Å². The molecule has 1 fully saturated rings. The van der Waals surface area contributed by atoms with Gasteiger partial charge in [-0.1, -0.05) is 0 Å². The van der Waals surface area contributed by atoms with Crippen molar-refractivity contribution in [1.29, 1.82) is 0 Å². The van der Waals surface area contributed by atoms with Crippen molar-refractivity contribution in [1.82, 2.24) is 5.32 Å². The third-order valence-electron chi connectivity index (χ3n) is 3.37. The maximum Gasteiger partial charge on any atom is 0.391 e. The molecule has 6 heteroatoms. The zero-order valence-corrected chi connectivity index (χ0v) is 10.0. The summed E-state index contributed by atoms with van der Waals surface area (Å²) in [5.41, 5.74) is -0.388. The maximum absolute atomic E-state index is 12.0. The molecule has 0 aromatic carbocycles. The van der Waals surface area contributed by atoms with Gasteiger partial charge in [-0.2, -0.15) is 13.2 Å². The maximum atomic E-state index is 12.0. The van der Waals surface area contributed by atoms with Crippen molar-refractivity contribution in [2.45, 2.75) is 49.9 Å². The number of ether oxygens (including phenoxy) is 1. The van der Waals surface area contributed by atoms with E-state index in [1.807, 2.05) is 0 Å². The van der Waals surface area contributed by atoms with Gasteiger partial charge in [0.1, 0.15) is 0 Å². The minimum Gasteiger partial charge on any atom is -0.394 e. The first kappa shape index (κ1) is 14.7. The van der Waals surface area contributed by atoms with Gasteiger partial charge in [-0.25, -0.2) is 0 Å².